The van der Waals surface area contributed by atoms with E-state index in [1.54, 1.807) is 0 Å². The summed E-state index contributed by atoms with van der Waals surface area (Å²) in [6, 6.07) is 7.62. The highest BCUT2D eigenvalue weighted by molar-refractivity contribution is 9.10. The molecular formula is C13H17BrO. The first-order valence-corrected chi connectivity index (χ1v) is 6.32. The van der Waals surface area contributed by atoms with Crippen LogP contribution in [0.4, 0.5) is 0 Å². The van der Waals surface area contributed by atoms with Gasteiger partial charge in [-0.25, -0.2) is 0 Å². The summed E-state index contributed by atoms with van der Waals surface area (Å²) < 4.78 is 0.974. The van der Waals surface area contributed by atoms with Crippen LogP contribution in [0.5, 0.6) is 0 Å². The lowest BCUT2D eigenvalue weighted by molar-refractivity contribution is 0.0979. The maximum absolute atomic E-state index is 11.7. The van der Waals surface area contributed by atoms with Crippen molar-refractivity contribution in [2.45, 2.75) is 39.0 Å². The lowest BCUT2D eigenvalue weighted by Gasteiger charge is -2.01. The number of rotatable bonds is 6. The van der Waals surface area contributed by atoms with E-state index < -0.39 is 0 Å². The number of hydrogen-bond donors (Lipinski definition) is 0. The monoisotopic (exact) mass is 268 g/mol. The van der Waals surface area contributed by atoms with Crippen molar-refractivity contribution in [2.75, 3.05) is 0 Å². The van der Waals surface area contributed by atoms with Gasteiger partial charge in [0.1, 0.15) is 0 Å². The van der Waals surface area contributed by atoms with Crippen LogP contribution in [0.25, 0.3) is 0 Å². The molecule has 0 aliphatic heterocycles. The van der Waals surface area contributed by atoms with E-state index in [2.05, 4.69) is 22.9 Å². The summed E-state index contributed by atoms with van der Waals surface area (Å²) in [5, 5.41) is 0. The third-order valence-electron chi connectivity index (χ3n) is 2.40. The van der Waals surface area contributed by atoms with Gasteiger partial charge in [0.15, 0.2) is 5.78 Å². The van der Waals surface area contributed by atoms with Crippen LogP contribution in [0.15, 0.2) is 28.7 Å². The average molecular weight is 269 g/mol. The normalized spacial score (nSPS) is 10.3. The van der Waals surface area contributed by atoms with Crippen molar-refractivity contribution in [1.82, 2.24) is 0 Å². The Hall–Kier alpha value is -0.630. The number of unbranched alkanes of at least 4 members (excludes halogenated alkanes) is 3. The predicted molar refractivity (Wildman–Crippen MR) is 67.2 cm³/mol. The molecule has 1 nitrogen and oxygen atoms in total. The molecule has 0 saturated carbocycles. The predicted octanol–water partition coefficient (Wildman–Crippen LogP) is 4.60. The number of ketones is 1. The Morgan fingerprint density at radius 2 is 2.07 bits per heavy atom. The minimum Gasteiger partial charge on any atom is -0.294 e. The topological polar surface area (TPSA) is 17.1 Å². The largest absolute Gasteiger partial charge is 0.294 e. The standard InChI is InChI=1S/C13H17BrO/c1-2-3-4-5-9-13(15)11-7-6-8-12(14)10-11/h6-8,10H,2-5,9H2,1H3. The van der Waals surface area contributed by atoms with Gasteiger partial charge < -0.3 is 0 Å². The summed E-state index contributed by atoms with van der Waals surface area (Å²) in [4.78, 5) is 11.7. The van der Waals surface area contributed by atoms with Crippen LogP contribution in [0.2, 0.25) is 0 Å². The molecule has 1 aromatic carbocycles. The molecule has 82 valence electrons. The van der Waals surface area contributed by atoms with Crippen LogP contribution in [0.3, 0.4) is 0 Å². The molecule has 1 aromatic rings. The number of carbonyl (C=O) groups is 1. The average Bonchev–Trinajstić information content (AvgIpc) is 2.24. The summed E-state index contributed by atoms with van der Waals surface area (Å²) in [6.45, 7) is 2.18. The minimum atomic E-state index is 0.257. The van der Waals surface area contributed by atoms with Crippen molar-refractivity contribution in [3.8, 4) is 0 Å². The molecule has 0 amide bonds. The van der Waals surface area contributed by atoms with Crippen molar-refractivity contribution in [1.29, 1.82) is 0 Å². The van der Waals surface area contributed by atoms with Gasteiger partial charge in [0.2, 0.25) is 0 Å². The molecule has 0 heterocycles. The molecule has 0 unspecified atom stereocenters. The molecule has 0 bridgehead atoms. The number of benzene rings is 1. The van der Waals surface area contributed by atoms with Gasteiger partial charge >= 0.3 is 0 Å². The molecule has 0 aliphatic rings. The maximum atomic E-state index is 11.7. The van der Waals surface area contributed by atoms with Crippen molar-refractivity contribution in [3.05, 3.63) is 34.3 Å². The van der Waals surface area contributed by atoms with E-state index >= 15 is 0 Å². The van der Waals surface area contributed by atoms with E-state index in [1.165, 1.54) is 12.8 Å². The van der Waals surface area contributed by atoms with Crippen LogP contribution in [-0.4, -0.2) is 5.78 Å². The second-order valence-electron chi connectivity index (χ2n) is 3.74. The Bertz CT molecular complexity index is 320. The SMILES string of the molecule is CCCCCCC(=O)c1cccc(Br)c1. The van der Waals surface area contributed by atoms with E-state index in [1.807, 2.05) is 24.3 Å². The molecule has 0 atom stereocenters. The Labute approximate surface area is 100 Å². The van der Waals surface area contributed by atoms with Crippen LogP contribution < -0.4 is 0 Å². The maximum Gasteiger partial charge on any atom is 0.162 e. The van der Waals surface area contributed by atoms with Gasteiger partial charge in [0.05, 0.1) is 0 Å². The smallest absolute Gasteiger partial charge is 0.162 e. The van der Waals surface area contributed by atoms with Gasteiger partial charge in [-0.15, -0.1) is 0 Å². The van der Waals surface area contributed by atoms with E-state index in [4.69, 9.17) is 0 Å². The van der Waals surface area contributed by atoms with Crippen LogP contribution in [-0.2, 0) is 0 Å². The minimum absolute atomic E-state index is 0.257. The van der Waals surface area contributed by atoms with Crippen molar-refractivity contribution in [2.24, 2.45) is 0 Å². The van der Waals surface area contributed by atoms with E-state index in [-0.39, 0.29) is 5.78 Å². The van der Waals surface area contributed by atoms with Gasteiger partial charge in [0.25, 0.3) is 0 Å². The first kappa shape index (κ1) is 12.4. The van der Waals surface area contributed by atoms with E-state index in [0.29, 0.717) is 6.42 Å². The Morgan fingerprint density at radius 3 is 2.73 bits per heavy atom. The summed E-state index contributed by atoms with van der Waals surface area (Å²) >= 11 is 3.37. The fourth-order valence-corrected chi connectivity index (χ4v) is 1.92. The molecule has 0 fully saturated rings. The Morgan fingerprint density at radius 1 is 1.27 bits per heavy atom. The number of Topliss-reactive ketones (excluding diaryl/α,β-unsaturated/α-hetero) is 1. The molecule has 1 rings (SSSR count). The lowest BCUT2D eigenvalue weighted by atomic mass is 10.0. The Kier molecular flexibility index (Phi) is 5.62. The number of carbonyl (C=O) groups excluding carboxylic acids is 1. The third kappa shape index (κ3) is 4.61. The first-order chi connectivity index (χ1) is 7.24. The van der Waals surface area contributed by atoms with Crippen LogP contribution in [0, 0.1) is 0 Å². The molecule has 0 aliphatic carbocycles. The fourth-order valence-electron chi connectivity index (χ4n) is 1.52. The summed E-state index contributed by atoms with van der Waals surface area (Å²) in [6.07, 6.45) is 5.29. The lowest BCUT2D eigenvalue weighted by Crippen LogP contribution is -1.98. The molecule has 0 radical (unpaired) electrons. The highest BCUT2D eigenvalue weighted by Gasteiger charge is 2.05. The number of hydrogen-bond acceptors (Lipinski definition) is 1. The van der Waals surface area contributed by atoms with Crippen LogP contribution in [0.1, 0.15) is 49.4 Å². The van der Waals surface area contributed by atoms with Crippen LogP contribution >= 0.6 is 15.9 Å². The molecule has 0 aromatic heterocycles. The Balaban J connectivity index is 2.40. The summed E-state index contributed by atoms with van der Waals surface area (Å²) in [5.41, 5.74) is 0.820. The van der Waals surface area contributed by atoms with Gasteiger partial charge in [0, 0.05) is 16.5 Å². The van der Waals surface area contributed by atoms with Gasteiger partial charge in [-0.05, 0) is 18.6 Å². The molecule has 0 spiro atoms. The van der Waals surface area contributed by atoms with Crippen molar-refractivity contribution >= 4 is 21.7 Å². The quantitative estimate of drug-likeness (QED) is 0.544. The third-order valence-corrected chi connectivity index (χ3v) is 2.90. The van der Waals surface area contributed by atoms with Gasteiger partial charge in [-0.2, -0.15) is 0 Å². The second-order valence-corrected chi connectivity index (χ2v) is 4.66. The molecular weight excluding hydrogens is 252 g/mol. The molecule has 2 heteroatoms. The highest BCUT2D eigenvalue weighted by Crippen LogP contribution is 2.14. The fraction of sp³-hybridized carbons (Fsp3) is 0.462. The zero-order valence-corrected chi connectivity index (χ0v) is 10.7. The van der Waals surface area contributed by atoms with Gasteiger partial charge in [-0.1, -0.05) is 54.2 Å². The van der Waals surface area contributed by atoms with Crippen molar-refractivity contribution in [3.63, 3.8) is 0 Å². The summed E-state index contributed by atoms with van der Waals surface area (Å²) in [5.74, 6) is 0.257. The molecule has 0 N–H and O–H groups in total. The number of halogens is 1. The molecule has 15 heavy (non-hydrogen) atoms. The van der Waals surface area contributed by atoms with E-state index in [0.717, 1.165) is 22.9 Å². The van der Waals surface area contributed by atoms with Crippen molar-refractivity contribution < 1.29 is 4.79 Å². The summed E-state index contributed by atoms with van der Waals surface area (Å²) in [7, 11) is 0. The second kappa shape index (κ2) is 6.78. The zero-order chi connectivity index (χ0) is 11.1. The van der Waals surface area contributed by atoms with E-state index in [9.17, 15) is 4.79 Å². The first-order valence-electron chi connectivity index (χ1n) is 5.53. The zero-order valence-electron chi connectivity index (χ0n) is 9.13. The highest BCUT2D eigenvalue weighted by atomic mass is 79.9. The molecule has 0 saturated heterocycles. The van der Waals surface area contributed by atoms with Gasteiger partial charge in [-0.3, -0.25) is 4.79 Å².